The molecule has 2 fully saturated rings. The van der Waals surface area contributed by atoms with E-state index in [4.69, 9.17) is 4.74 Å². The average Bonchev–Trinajstić information content (AvgIpc) is 2.39. The van der Waals surface area contributed by atoms with Gasteiger partial charge in [-0.2, -0.15) is 0 Å². The van der Waals surface area contributed by atoms with Crippen molar-refractivity contribution in [1.29, 1.82) is 0 Å². The van der Waals surface area contributed by atoms with Crippen molar-refractivity contribution in [2.45, 2.75) is 70.8 Å². The van der Waals surface area contributed by atoms with Crippen LogP contribution in [0.2, 0.25) is 0 Å². The summed E-state index contributed by atoms with van der Waals surface area (Å²) in [5.41, 5.74) is -0.717. The molecule has 0 atom stereocenters. The molecule has 4 heteroatoms. The lowest BCUT2D eigenvalue weighted by Crippen LogP contribution is -2.46. The van der Waals surface area contributed by atoms with E-state index in [2.05, 4.69) is 6.92 Å². The third-order valence-electron chi connectivity index (χ3n) is 4.64. The summed E-state index contributed by atoms with van der Waals surface area (Å²) < 4.78 is 5.58. The minimum absolute atomic E-state index is 0.111. The topological polar surface area (TPSA) is 63.6 Å². The SMILES string of the molecule is CCCC(O)=C1C(=O)CC2(CCC(CC)CC2)OC1=O. The minimum atomic E-state index is -0.623. The van der Waals surface area contributed by atoms with Crippen LogP contribution < -0.4 is 0 Å². The second-order valence-corrected chi connectivity index (χ2v) is 6.10. The summed E-state index contributed by atoms with van der Waals surface area (Å²) in [7, 11) is 0. The Morgan fingerprint density at radius 3 is 2.45 bits per heavy atom. The fraction of sp³-hybridized carbons (Fsp3) is 0.750. The van der Waals surface area contributed by atoms with Gasteiger partial charge in [0.2, 0.25) is 0 Å². The zero-order valence-electron chi connectivity index (χ0n) is 12.4. The first-order valence-electron chi connectivity index (χ1n) is 7.70. The Labute approximate surface area is 120 Å². The number of carbonyl (C=O) groups excluding carboxylic acids is 2. The average molecular weight is 280 g/mol. The van der Waals surface area contributed by atoms with Gasteiger partial charge < -0.3 is 9.84 Å². The predicted molar refractivity (Wildman–Crippen MR) is 75.3 cm³/mol. The van der Waals surface area contributed by atoms with Crippen LogP contribution in [-0.4, -0.2) is 22.5 Å². The Kier molecular flexibility index (Phi) is 4.51. The normalized spacial score (nSPS) is 33.2. The van der Waals surface area contributed by atoms with E-state index in [1.807, 2.05) is 6.92 Å². The number of hydrogen-bond acceptors (Lipinski definition) is 4. The maximum Gasteiger partial charge on any atom is 0.345 e. The maximum absolute atomic E-state index is 12.2. The van der Waals surface area contributed by atoms with Gasteiger partial charge in [-0.15, -0.1) is 0 Å². The Hall–Kier alpha value is -1.32. The molecule has 112 valence electrons. The van der Waals surface area contributed by atoms with Crippen LogP contribution in [-0.2, 0) is 14.3 Å². The first kappa shape index (κ1) is 15.1. The fourth-order valence-corrected chi connectivity index (χ4v) is 3.31. The van der Waals surface area contributed by atoms with E-state index in [9.17, 15) is 14.7 Å². The van der Waals surface area contributed by atoms with Gasteiger partial charge in [0.1, 0.15) is 16.9 Å². The van der Waals surface area contributed by atoms with Crippen molar-refractivity contribution in [1.82, 2.24) is 0 Å². The highest BCUT2D eigenvalue weighted by Crippen LogP contribution is 2.42. The number of carbonyl (C=O) groups is 2. The number of ether oxygens (including phenoxy) is 1. The lowest BCUT2D eigenvalue weighted by molar-refractivity contribution is -0.168. The summed E-state index contributed by atoms with van der Waals surface area (Å²) in [6.45, 7) is 4.06. The van der Waals surface area contributed by atoms with E-state index < -0.39 is 11.6 Å². The molecule has 2 rings (SSSR count). The predicted octanol–water partition coefficient (Wildman–Crippen LogP) is 3.45. The maximum atomic E-state index is 12.2. The molecule has 1 saturated heterocycles. The summed E-state index contributed by atoms with van der Waals surface area (Å²) >= 11 is 0. The highest BCUT2D eigenvalue weighted by Gasteiger charge is 2.46. The zero-order chi connectivity index (χ0) is 14.8. The summed E-state index contributed by atoms with van der Waals surface area (Å²) in [4.78, 5) is 24.3. The van der Waals surface area contributed by atoms with Crippen molar-refractivity contribution in [3.05, 3.63) is 11.3 Å². The minimum Gasteiger partial charge on any atom is -0.511 e. The third-order valence-corrected chi connectivity index (χ3v) is 4.64. The lowest BCUT2D eigenvalue weighted by atomic mass is 9.73. The van der Waals surface area contributed by atoms with Gasteiger partial charge in [0.25, 0.3) is 0 Å². The van der Waals surface area contributed by atoms with Crippen LogP contribution in [0.25, 0.3) is 0 Å². The summed E-state index contributed by atoms with van der Waals surface area (Å²) in [6, 6.07) is 0. The summed E-state index contributed by atoms with van der Waals surface area (Å²) in [5, 5.41) is 9.84. The Morgan fingerprint density at radius 2 is 1.95 bits per heavy atom. The smallest absolute Gasteiger partial charge is 0.345 e. The van der Waals surface area contributed by atoms with Crippen LogP contribution in [0.15, 0.2) is 11.3 Å². The molecule has 1 N–H and O–H groups in total. The number of aliphatic hydroxyl groups excluding tert-OH is 1. The van der Waals surface area contributed by atoms with Gasteiger partial charge in [0.15, 0.2) is 5.78 Å². The molecular weight excluding hydrogens is 256 g/mol. The lowest BCUT2D eigenvalue weighted by Gasteiger charge is -2.41. The molecule has 0 amide bonds. The van der Waals surface area contributed by atoms with Gasteiger partial charge in [0.05, 0.1) is 6.42 Å². The number of esters is 1. The zero-order valence-corrected chi connectivity index (χ0v) is 12.4. The molecule has 0 aromatic heterocycles. The van der Waals surface area contributed by atoms with E-state index in [1.165, 1.54) is 0 Å². The van der Waals surface area contributed by atoms with Crippen molar-refractivity contribution in [2.75, 3.05) is 0 Å². The van der Waals surface area contributed by atoms with Gasteiger partial charge >= 0.3 is 5.97 Å². The summed E-state index contributed by atoms with van der Waals surface area (Å²) in [5.74, 6) is -0.302. The molecular formula is C16H24O4. The fourth-order valence-electron chi connectivity index (χ4n) is 3.31. The van der Waals surface area contributed by atoms with Crippen LogP contribution in [0.3, 0.4) is 0 Å². The van der Waals surface area contributed by atoms with Gasteiger partial charge in [0, 0.05) is 6.42 Å². The van der Waals surface area contributed by atoms with Crippen molar-refractivity contribution >= 4 is 11.8 Å². The molecule has 1 aliphatic heterocycles. The van der Waals surface area contributed by atoms with Gasteiger partial charge in [-0.05, 0) is 38.0 Å². The van der Waals surface area contributed by atoms with Crippen LogP contribution in [0.1, 0.15) is 65.2 Å². The van der Waals surface area contributed by atoms with Crippen molar-refractivity contribution in [3.63, 3.8) is 0 Å². The van der Waals surface area contributed by atoms with Crippen LogP contribution in [0.5, 0.6) is 0 Å². The molecule has 1 aliphatic carbocycles. The number of allylic oxidation sites excluding steroid dienone is 1. The molecule has 0 radical (unpaired) electrons. The number of aliphatic hydroxyl groups is 1. The third kappa shape index (κ3) is 2.89. The molecule has 1 spiro atoms. The molecule has 20 heavy (non-hydrogen) atoms. The molecule has 0 aromatic carbocycles. The van der Waals surface area contributed by atoms with E-state index in [0.717, 1.165) is 32.1 Å². The molecule has 0 bridgehead atoms. The largest absolute Gasteiger partial charge is 0.511 e. The Balaban J connectivity index is 2.13. The number of Topliss-reactive ketones (excluding diaryl/α,β-unsaturated/α-hetero) is 1. The van der Waals surface area contributed by atoms with Gasteiger partial charge in [-0.25, -0.2) is 4.79 Å². The molecule has 2 aliphatic rings. The molecule has 0 unspecified atom stereocenters. The van der Waals surface area contributed by atoms with Crippen LogP contribution >= 0.6 is 0 Å². The Bertz CT molecular complexity index is 406. The van der Waals surface area contributed by atoms with E-state index in [0.29, 0.717) is 18.8 Å². The molecule has 1 heterocycles. The summed E-state index contributed by atoms with van der Waals surface area (Å²) in [6.07, 6.45) is 5.97. The second-order valence-electron chi connectivity index (χ2n) is 6.10. The first-order valence-corrected chi connectivity index (χ1v) is 7.70. The Morgan fingerprint density at radius 1 is 1.30 bits per heavy atom. The first-order chi connectivity index (χ1) is 9.51. The second kappa shape index (κ2) is 5.98. The van der Waals surface area contributed by atoms with Crippen molar-refractivity contribution < 1.29 is 19.4 Å². The van der Waals surface area contributed by atoms with E-state index in [-0.39, 0.29) is 23.5 Å². The quantitative estimate of drug-likeness (QED) is 0.372. The highest BCUT2D eigenvalue weighted by atomic mass is 16.6. The van der Waals surface area contributed by atoms with Gasteiger partial charge in [-0.3, -0.25) is 4.79 Å². The van der Waals surface area contributed by atoms with Crippen LogP contribution in [0, 0.1) is 5.92 Å². The molecule has 0 aromatic rings. The number of rotatable bonds is 3. The number of ketones is 1. The van der Waals surface area contributed by atoms with E-state index in [1.54, 1.807) is 0 Å². The van der Waals surface area contributed by atoms with Gasteiger partial charge in [-0.1, -0.05) is 20.3 Å². The van der Waals surface area contributed by atoms with Crippen LogP contribution in [0.4, 0.5) is 0 Å². The molecule has 1 saturated carbocycles. The number of hydrogen-bond donors (Lipinski definition) is 1. The highest BCUT2D eigenvalue weighted by molar-refractivity contribution is 6.19. The standard InChI is InChI=1S/C16H24O4/c1-3-5-12(17)14-13(18)10-16(20-15(14)19)8-6-11(4-2)7-9-16/h11,17H,3-10H2,1-2H3. The van der Waals surface area contributed by atoms with Crippen molar-refractivity contribution in [3.8, 4) is 0 Å². The van der Waals surface area contributed by atoms with E-state index >= 15 is 0 Å². The molecule has 4 nitrogen and oxygen atoms in total. The monoisotopic (exact) mass is 280 g/mol. The van der Waals surface area contributed by atoms with Crippen molar-refractivity contribution in [2.24, 2.45) is 5.92 Å².